The number of anilines is 1. The zero-order valence-corrected chi connectivity index (χ0v) is 13.5. The van der Waals surface area contributed by atoms with E-state index in [0.717, 1.165) is 11.3 Å². The molecule has 0 atom stereocenters. The number of hydrogen-bond donors (Lipinski definition) is 2. The quantitative estimate of drug-likeness (QED) is 0.830. The van der Waals surface area contributed by atoms with Crippen molar-refractivity contribution in [1.29, 1.82) is 0 Å². The first-order valence-electron chi connectivity index (χ1n) is 5.34. The fraction of sp³-hybridized carbons (Fsp3) is 0.0909. The molecule has 3 N–H and O–H groups in total. The van der Waals surface area contributed by atoms with Gasteiger partial charge in [0.25, 0.3) is 10.0 Å². The second kappa shape index (κ2) is 5.65. The summed E-state index contributed by atoms with van der Waals surface area (Å²) in [7, 11) is -3.69. The maximum Gasteiger partial charge on any atom is 0.273 e. The molecule has 1 aromatic heterocycles. The Morgan fingerprint density at radius 1 is 1.50 bits per heavy atom. The average molecular weight is 348 g/mol. The molecular formula is C11H10ClN3O2S3. The van der Waals surface area contributed by atoms with Crippen LogP contribution in [0.4, 0.5) is 5.69 Å². The van der Waals surface area contributed by atoms with Crippen molar-refractivity contribution in [3.05, 3.63) is 40.0 Å². The van der Waals surface area contributed by atoms with Gasteiger partial charge in [-0.3, -0.25) is 4.72 Å². The van der Waals surface area contributed by atoms with Gasteiger partial charge in [-0.15, -0.1) is 11.3 Å². The third kappa shape index (κ3) is 3.26. The van der Waals surface area contributed by atoms with Gasteiger partial charge in [0.15, 0.2) is 4.21 Å². The Morgan fingerprint density at radius 3 is 2.70 bits per heavy atom. The Balaban J connectivity index is 2.32. The molecule has 106 valence electrons. The van der Waals surface area contributed by atoms with Crippen LogP contribution in [0.2, 0.25) is 5.02 Å². The van der Waals surface area contributed by atoms with E-state index in [4.69, 9.17) is 29.6 Å². The lowest BCUT2D eigenvalue weighted by Crippen LogP contribution is -2.13. The summed E-state index contributed by atoms with van der Waals surface area (Å²) in [6.07, 6.45) is 1.31. The summed E-state index contributed by atoms with van der Waals surface area (Å²) >= 11 is 11.9. The second-order valence-electron chi connectivity index (χ2n) is 3.86. The first-order valence-corrected chi connectivity index (χ1v) is 8.43. The van der Waals surface area contributed by atoms with Gasteiger partial charge in [0.1, 0.15) is 4.99 Å². The first kappa shape index (κ1) is 15.2. The molecule has 5 nitrogen and oxygen atoms in total. The number of nitrogens with zero attached hydrogens (tertiary/aromatic N) is 1. The van der Waals surface area contributed by atoms with E-state index in [0.29, 0.717) is 10.6 Å². The number of rotatable bonds is 4. The highest BCUT2D eigenvalue weighted by molar-refractivity contribution is 7.94. The van der Waals surface area contributed by atoms with Gasteiger partial charge in [0.2, 0.25) is 0 Å². The number of aromatic nitrogens is 1. The first-order chi connectivity index (χ1) is 9.29. The fourth-order valence-electron chi connectivity index (χ4n) is 1.41. The van der Waals surface area contributed by atoms with Gasteiger partial charge in [-0.25, -0.2) is 13.4 Å². The van der Waals surface area contributed by atoms with Crippen LogP contribution in [0.3, 0.4) is 0 Å². The van der Waals surface area contributed by atoms with E-state index in [2.05, 4.69) is 9.71 Å². The van der Waals surface area contributed by atoms with E-state index in [1.165, 1.54) is 18.3 Å². The van der Waals surface area contributed by atoms with Gasteiger partial charge in [0.05, 0.1) is 21.9 Å². The summed E-state index contributed by atoms with van der Waals surface area (Å²) in [6.45, 7) is 1.73. The van der Waals surface area contributed by atoms with Crippen LogP contribution in [0.5, 0.6) is 0 Å². The van der Waals surface area contributed by atoms with Crippen LogP contribution < -0.4 is 10.5 Å². The molecule has 0 aliphatic carbocycles. The molecule has 0 radical (unpaired) electrons. The van der Waals surface area contributed by atoms with Crippen molar-refractivity contribution >= 4 is 55.9 Å². The average Bonchev–Trinajstić information content (AvgIpc) is 2.79. The molecule has 1 heterocycles. The monoisotopic (exact) mass is 347 g/mol. The van der Waals surface area contributed by atoms with Crippen LogP contribution >= 0.6 is 35.2 Å². The Hall–Kier alpha value is -1.22. The molecule has 0 spiro atoms. The lowest BCUT2D eigenvalue weighted by Gasteiger charge is -2.09. The SMILES string of the molecule is Cc1ncc(S(=O)(=O)Nc2ccc(C(N)=S)cc2Cl)s1. The van der Waals surface area contributed by atoms with Gasteiger partial charge in [0, 0.05) is 5.56 Å². The number of hydrogen-bond acceptors (Lipinski definition) is 5. The lowest BCUT2D eigenvalue weighted by molar-refractivity contribution is 0.603. The molecule has 0 amide bonds. The predicted molar refractivity (Wildman–Crippen MR) is 85.0 cm³/mol. The molecule has 0 saturated heterocycles. The van der Waals surface area contributed by atoms with Crippen LogP contribution in [0.25, 0.3) is 0 Å². The zero-order valence-electron chi connectivity index (χ0n) is 10.3. The van der Waals surface area contributed by atoms with Crippen LogP contribution in [-0.2, 0) is 10.0 Å². The van der Waals surface area contributed by atoms with Crippen molar-refractivity contribution in [3.8, 4) is 0 Å². The van der Waals surface area contributed by atoms with E-state index < -0.39 is 10.0 Å². The third-order valence-electron chi connectivity index (χ3n) is 2.36. The minimum Gasteiger partial charge on any atom is -0.389 e. The highest BCUT2D eigenvalue weighted by atomic mass is 35.5. The Kier molecular flexibility index (Phi) is 4.28. The normalized spacial score (nSPS) is 11.3. The van der Waals surface area contributed by atoms with Crippen molar-refractivity contribution in [3.63, 3.8) is 0 Å². The molecule has 0 fully saturated rings. The van der Waals surface area contributed by atoms with E-state index in [9.17, 15) is 8.42 Å². The minimum absolute atomic E-state index is 0.129. The predicted octanol–water partition coefficient (Wildman–Crippen LogP) is 2.54. The van der Waals surface area contributed by atoms with E-state index >= 15 is 0 Å². The van der Waals surface area contributed by atoms with Crippen molar-refractivity contribution in [2.45, 2.75) is 11.1 Å². The third-order valence-corrected chi connectivity index (χ3v) is 5.65. The maximum absolute atomic E-state index is 12.1. The number of sulfonamides is 1. The molecule has 0 saturated carbocycles. The summed E-state index contributed by atoms with van der Waals surface area (Å²) in [6, 6.07) is 4.63. The fourth-order valence-corrected chi connectivity index (χ4v) is 4.01. The Bertz CT molecular complexity index is 771. The van der Waals surface area contributed by atoms with E-state index in [-0.39, 0.29) is 19.9 Å². The molecule has 9 heteroatoms. The van der Waals surface area contributed by atoms with Gasteiger partial charge < -0.3 is 5.73 Å². The zero-order chi connectivity index (χ0) is 14.9. The highest BCUT2D eigenvalue weighted by Crippen LogP contribution is 2.27. The number of thiocarbonyl (C=S) groups is 1. The lowest BCUT2D eigenvalue weighted by atomic mass is 10.2. The molecular weight excluding hydrogens is 338 g/mol. The van der Waals surface area contributed by atoms with Crippen molar-refractivity contribution < 1.29 is 8.42 Å². The summed E-state index contributed by atoms with van der Waals surface area (Å²) in [5, 5.41) is 0.889. The van der Waals surface area contributed by atoms with Crippen molar-refractivity contribution in [2.24, 2.45) is 5.73 Å². The minimum atomic E-state index is -3.69. The standard InChI is InChI=1S/C11H10ClN3O2S3/c1-6-14-5-10(19-6)20(16,17)15-9-3-2-7(11(13)18)4-8(9)12/h2-5,15H,1H3,(H2,13,18). The summed E-state index contributed by atoms with van der Waals surface area (Å²) in [5.74, 6) is 0. The van der Waals surface area contributed by atoms with Crippen LogP contribution in [0, 0.1) is 6.92 Å². The van der Waals surface area contributed by atoms with Crippen molar-refractivity contribution in [1.82, 2.24) is 4.98 Å². The second-order valence-corrected chi connectivity index (χ2v) is 7.85. The Morgan fingerprint density at radius 2 is 2.20 bits per heavy atom. The molecule has 2 aromatic rings. The molecule has 1 aromatic carbocycles. The molecule has 20 heavy (non-hydrogen) atoms. The van der Waals surface area contributed by atoms with Gasteiger partial charge in [-0.1, -0.05) is 23.8 Å². The van der Waals surface area contributed by atoms with Gasteiger partial charge >= 0.3 is 0 Å². The van der Waals surface area contributed by atoms with Gasteiger partial charge in [-0.2, -0.15) is 0 Å². The van der Waals surface area contributed by atoms with Crippen molar-refractivity contribution in [2.75, 3.05) is 4.72 Å². The maximum atomic E-state index is 12.1. The van der Waals surface area contributed by atoms with Crippen LogP contribution in [0.15, 0.2) is 28.6 Å². The number of aryl methyl sites for hydroxylation is 1. The smallest absolute Gasteiger partial charge is 0.273 e. The summed E-state index contributed by atoms with van der Waals surface area (Å²) in [5.41, 5.74) is 6.31. The van der Waals surface area contributed by atoms with E-state index in [1.54, 1.807) is 13.0 Å². The molecule has 2 rings (SSSR count). The number of nitrogens with two attached hydrogens (primary N) is 1. The topological polar surface area (TPSA) is 85.1 Å². The summed E-state index contributed by atoms with van der Waals surface area (Å²) < 4.78 is 26.8. The Labute approximate surface area is 130 Å². The highest BCUT2D eigenvalue weighted by Gasteiger charge is 2.18. The largest absolute Gasteiger partial charge is 0.389 e. The van der Waals surface area contributed by atoms with Crippen LogP contribution in [-0.4, -0.2) is 18.4 Å². The number of benzene rings is 1. The van der Waals surface area contributed by atoms with Gasteiger partial charge in [-0.05, 0) is 25.1 Å². The number of halogens is 1. The van der Waals surface area contributed by atoms with E-state index in [1.807, 2.05) is 0 Å². The number of nitrogens with one attached hydrogen (secondary N) is 1. The molecule has 0 bridgehead atoms. The summed E-state index contributed by atoms with van der Waals surface area (Å²) in [4.78, 5) is 4.11. The molecule has 0 unspecified atom stereocenters. The molecule has 0 aliphatic rings. The van der Waals surface area contributed by atoms with Crippen LogP contribution in [0.1, 0.15) is 10.6 Å². The molecule has 0 aliphatic heterocycles. The number of thiazole rings is 1.